The van der Waals surface area contributed by atoms with Crippen molar-refractivity contribution >= 4 is 17.2 Å². The molecule has 7 nitrogen and oxygen atoms in total. The van der Waals surface area contributed by atoms with E-state index in [-0.39, 0.29) is 18.6 Å². The van der Waals surface area contributed by atoms with Crippen LogP contribution in [0.1, 0.15) is 39.8 Å². The smallest absolute Gasteiger partial charge is 0.261 e. The maximum Gasteiger partial charge on any atom is 0.261 e. The number of amides is 1. The fourth-order valence-corrected chi connectivity index (χ4v) is 2.20. The molecule has 2 aromatic heterocycles. The number of tetrazole rings is 1. The third-order valence-electron chi connectivity index (χ3n) is 2.37. The zero-order valence-electron chi connectivity index (χ0n) is 10.8. The lowest BCUT2D eigenvalue weighted by atomic mass is 10.3. The average molecular weight is 291 g/mol. The number of aliphatic hydroxyl groups is 1. The van der Waals surface area contributed by atoms with Gasteiger partial charge in [-0.15, -0.1) is 21.5 Å². The zero-order chi connectivity index (χ0) is 14.4. The summed E-state index contributed by atoms with van der Waals surface area (Å²) in [5, 5.41) is 24.8. The second kappa shape index (κ2) is 6.79. The largest absolute Gasteiger partial charge is 0.395 e. The molecule has 0 aromatic carbocycles. The van der Waals surface area contributed by atoms with Gasteiger partial charge in [-0.25, -0.2) is 0 Å². The van der Waals surface area contributed by atoms with Gasteiger partial charge >= 0.3 is 0 Å². The molecule has 1 atom stereocenters. The number of aliphatic hydroxyl groups excluding tert-OH is 1. The number of hydrogen-bond acceptors (Lipinski definition) is 6. The van der Waals surface area contributed by atoms with Crippen LogP contribution in [0, 0.1) is 11.8 Å². The molecular weight excluding hydrogens is 278 g/mol. The molecule has 1 unspecified atom stereocenters. The first-order chi connectivity index (χ1) is 9.70. The zero-order valence-corrected chi connectivity index (χ0v) is 11.6. The van der Waals surface area contributed by atoms with Crippen LogP contribution in [-0.4, -0.2) is 38.2 Å². The molecule has 0 saturated carbocycles. The van der Waals surface area contributed by atoms with E-state index in [0.717, 1.165) is 4.88 Å². The van der Waals surface area contributed by atoms with E-state index in [9.17, 15) is 4.79 Å². The van der Waals surface area contributed by atoms with Crippen molar-refractivity contribution in [3.05, 3.63) is 27.7 Å². The molecule has 0 saturated heterocycles. The Hall–Kier alpha value is -2.24. The van der Waals surface area contributed by atoms with Crippen LogP contribution >= 0.6 is 11.3 Å². The van der Waals surface area contributed by atoms with Gasteiger partial charge < -0.3 is 10.4 Å². The van der Waals surface area contributed by atoms with Crippen LogP contribution in [0.25, 0.3) is 0 Å². The second-order valence-electron chi connectivity index (χ2n) is 3.90. The molecule has 0 aliphatic heterocycles. The minimum atomic E-state index is -0.327. The van der Waals surface area contributed by atoms with Gasteiger partial charge in [0, 0.05) is 6.42 Å². The Morgan fingerprint density at radius 2 is 2.45 bits per heavy atom. The third-order valence-corrected chi connectivity index (χ3v) is 3.37. The Balaban J connectivity index is 1.98. The van der Waals surface area contributed by atoms with E-state index in [1.165, 1.54) is 11.3 Å². The standard InChI is InChI=1S/C12H13N5O2S/c1-8(11-14-16-17-15-11)13-12(19)10-6-5-9(20-10)4-2-3-7-18/h5-6,8,18H,3,7H2,1H3,(H,13,19)(H,14,15,16,17). The van der Waals surface area contributed by atoms with Crippen LogP contribution in [0.5, 0.6) is 0 Å². The van der Waals surface area contributed by atoms with Gasteiger partial charge in [-0.05, 0) is 19.1 Å². The quantitative estimate of drug-likeness (QED) is 0.711. The van der Waals surface area contributed by atoms with Gasteiger partial charge in [-0.2, -0.15) is 5.21 Å². The fraction of sp³-hybridized carbons (Fsp3) is 0.333. The highest BCUT2D eigenvalue weighted by molar-refractivity contribution is 7.14. The highest BCUT2D eigenvalue weighted by Gasteiger charge is 2.15. The van der Waals surface area contributed by atoms with Crippen molar-refractivity contribution in [1.82, 2.24) is 25.9 Å². The SMILES string of the molecule is CC(NC(=O)c1ccc(C#CCCO)s1)c1nn[nH]n1. The topological polar surface area (TPSA) is 104 Å². The summed E-state index contributed by atoms with van der Waals surface area (Å²) >= 11 is 1.30. The molecule has 2 aromatic rings. The average Bonchev–Trinajstić information content (AvgIpc) is 3.10. The summed E-state index contributed by atoms with van der Waals surface area (Å²) < 4.78 is 0. The molecule has 3 N–H and O–H groups in total. The van der Waals surface area contributed by atoms with Crippen LogP contribution in [-0.2, 0) is 0 Å². The van der Waals surface area contributed by atoms with Gasteiger partial charge in [0.25, 0.3) is 5.91 Å². The number of H-pyrrole nitrogens is 1. The molecule has 2 rings (SSSR count). The van der Waals surface area contributed by atoms with Gasteiger partial charge in [0.2, 0.25) is 0 Å². The first-order valence-electron chi connectivity index (χ1n) is 5.94. The second-order valence-corrected chi connectivity index (χ2v) is 4.99. The fourth-order valence-electron chi connectivity index (χ4n) is 1.42. The predicted molar refractivity (Wildman–Crippen MR) is 73.0 cm³/mol. The highest BCUT2D eigenvalue weighted by atomic mass is 32.1. The van der Waals surface area contributed by atoms with Crippen molar-refractivity contribution in [2.24, 2.45) is 0 Å². The number of rotatable bonds is 4. The summed E-state index contributed by atoms with van der Waals surface area (Å²) in [5.74, 6) is 5.93. The predicted octanol–water partition coefficient (Wildman–Crippen LogP) is 0.486. The first kappa shape index (κ1) is 14.2. The number of hydrogen-bond donors (Lipinski definition) is 3. The Kier molecular flexibility index (Phi) is 4.81. The lowest BCUT2D eigenvalue weighted by Crippen LogP contribution is -2.26. The van der Waals surface area contributed by atoms with Gasteiger partial charge in [0.1, 0.15) is 0 Å². The molecule has 0 bridgehead atoms. The van der Waals surface area contributed by atoms with E-state index in [2.05, 4.69) is 37.8 Å². The van der Waals surface area contributed by atoms with Gasteiger partial charge in [0.15, 0.2) is 5.82 Å². The summed E-state index contributed by atoms with van der Waals surface area (Å²) in [7, 11) is 0. The molecule has 0 aliphatic rings. The number of carbonyl (C=O) groups excluding carboxylic acids is 1. The minimum absolute atomic E-state index is 0.0356. The number of thiophene rings is 1. The van der Waals surface area contributed by atoms with Gasteiger partial charge in [-0.1, -0.05) is 17.1 Å². The van der Waals surface area contributed by atoms with E-state index in [1.54, 1.807) is 19.1 Å². The highest BCUT2D eigenvalue weighted by Crippen LogP contribution is 2.16. The van der Waals surface area contributed by atoms with Crippen molar-refractivity contribution < 1.29 is 9.90 Å². The van der Waals surface area contributed by atoms with Crippen LogP contribution < -0.4 is 5.32 Å². The number of nitrogens with zero attached hydrogens (tertiary/aromatic N) is 3. The lowest BCUT2D eigenvalue weighted by molar-refractivity contribution is 0.0942. The molecule has 0 spiro atoms. The number of carbonyl (C=O) groups is 1. The normalized spacial score (nSPS) is 11.5. The molecule has 1 amide bonds. The summed E-state index contributed by atoms with van der Waals surface area (Å²) in [5.41, 5.74) is 0. The Morgan fingerprint density at radius 3 is 3.15 bits per heavy atom. The van der Waals surface area contributed by atoms with Crippen molar-refractivity contribution in [3.63, 3.8) is 0 Å². The summed E-state index contributed by atoms with van der Waals surface area (Å²) in [4.78, 5) is 13.4. The molecule has 0 fully saturated rings. The summed E-state index contributed by atoms with van der Waals surface area (Å²) in [6.07, 6.45) is 0.425. The maximum absolute atomic E-state index is 12.0. The van der Waals surface area contributed by atoms with E-state index in [1.807, 2.05) is 0 Å². The van der Waals surface area contributed by atoms with Crippen molar-refractivity contribution in [2.45, 2.75) is 19.4 Å². The molecule has 20 heavy (non-hydrogen) atoms. The van der Waals surface area contributed by atoms with Crippen LogP contribution in [0.3, 0.4) is 0 Å². The molecule has 2 heterocycles. The van der Waals surface area contributed by atoms with Crippen molar-refractivity contribution in [2.75, 3.05) is 6.61 Å². The van der Waals surface area contributed by atoms with E-state index >= 15 is 0 Å². The first-order valence-corrected chi connectivity index (χ1v) is 6.76. The Morgan fingerprint density at radius 1 is 1.60 bits per heavy atom. The van der Waals surface area contributed by atoms with E-state index < -0.39 is 0 Å². The van der Waals surface area contributed by atoms with E-state index in [4.69, 9.17) is 5.11 Å². The third kappa shape index (κ3) is 3.63. The Bertz CT molecular complexity index is 626. The molecule has 104 valence electrons. The molecule has 0 aliphatic carbocycles. The number of nitrogens with one attached hydrogen (secondary N) is 2. The monoisotopic (exact) mass is 291 g/mol. The van der Waals surface area contributed by atoms with Gasteiger partial charge in [0.05, 0.1) is 22.4 Å². The van der Waals surface area contributed by atoms with Gasteiger partial charge in [-0.3, -0.25) is 4.79 Å². The van der Waals surface area contributed by atoms with Crippen LogP contribution in [0.4, 0.5) is 0 Å². The Labute approximate surface area is 119 Å². The minimum Gasteiger partial charge on any atom is -0.395 e. The maximum atomic E-state index is 12.0. The van der Waals surface area contributed by atoms with Crippen LogP contribution in [0.2, 0.25) is 0 Å². The van der Waals surface area contributed by atoms with Crippen LogP contribution in [0.15, 0.2) is 12.1 Å². The molecule has 8 heteroatoms. The summed E-state index contributed by atoms with van der Waals surface area (Å²) in [6, 6.07) is 3.17. The molecule has 0 radical (unpaired) electrons. The number of aromatic nitrogens is 4. The van der Waals surface area contributed by atoms with Crippen molar-refractivity contribution in [1.29, 1.82) is 0 Å². The van der Waals surface area contributed by atoms with Crippen molar-refractivity contribution in [3.8, 4) is 11.8 Å². The summed E-state index contributed by atoms with van der Waals surface area (Å²) in [6.45, 7) is 1.81. The lowest BCUT2D eigenvalue weighted by Gasteiger charge is -2.08. The number of aromatic amines is 1. The van der Waals surface area contributed by atoms with E-state index in [0.29, 0.717) is 17.1 Å². The molecular formula is C12H13N5O2S.